The molecule has 2 aliphatic heterocycles. The Labute approximate surface area is 147 Å². The van der Waals surface area contributed by atoms with Gasteiger partial charge in [-0.1, -0.05) is 29.8 Å². The largest absolute Gasteiger partial charge is 0.365 e. The topological polar surface area (TPSA) is 35.6 Å². The molecule has 4 rings (SSSR count). The number of amides is 2. The second-order valence-corrected chi connectivity index (χ2v) is 6.91. The Morgan fingerprint density at radius 2 is 2.00 bits per heavy atom. The minimum absolute atomic E-state index is 0.125. The quantitative estimate of drug-likeness (QED) is 0.818. The van der Waals surface area contributed by atoms with Gasteiger partial charge in [0.2, 0.25) is 0 Å². The summed E-state index contributed by atoms with van der Waals surface area (Å²) in [4.78, 5) is 17.2. The average molecular weight is 342 g/mol. The van der Waals surface area contributed by atoms with Crippen LogP contribution in [0.1, 0.15) is 18.4 Å². The molecule has 5 heteroatoms. The number of carbonyl (C=O) groups is 1. The summed E-state index contributed by atoms with van der Waals surface area (Å²) in [5, 5.41) is 3.53. The fraction of sp³-hybridized carbons (Fsp3) is 0.316. The third-order valence-electron chi connectivity index (χ3n) is 4.86. The van der Waals surface area contributed by atoms with E-state index in [4.69, 9.17) is 11.6 Å². The van der Waals surface area contributed by atoms with E-state index in [9.17, 15) is 4.79 Å². The third-order valence-corrected chi connectivity index (χ3v) is 5.18. The molecule has 1 atom stereocenters. The molecule has 1 saturated heterocycles. The van der Waals surface area contributed by atoms with Crippen molar-refractivity contribution >= 4 is 34.7 Å². The molecule has 24 heavy (non-hydrogen) atoms. The van der Waals surface area contributed by atoms with Crippen molar-refractivity contribution in [1.82, 2.24) is 0 Å². The SMILES string of the molecule is Cc1ccc(NC(=O)N2C[C@@H]3CCCN3c3ccccc32)c(Cl)c1. The van der Waals surface area contributed by atoms with Gasteiger partial charge in [0, 0.05) is 19.1 Å². The second-order valence-electron chi connectivity index (χ2n) is 6.50. The lowest BCUT2D eigenvalue weighted by Gasteiger charge is -2.40. The van der Waals surface area contributed by atoms with Crippen LogP contribution < -0.4 is 15.1 Å². The van der Waals surface area contributed by atoms with Crippen LogP contribution in [-0.2, 0) is 0 Å². The van der Waals surface area contributed by atoms with Crippen molar-refractivity contribution < 1.29 is 4.79 Å². The van der Waals surface area contributed by atoms with E-state index in [-0.39, 0.29) is 6.03 Å². The highest BCUT2D eigenvalue weighted by molar-refractivity contribution is 6.34. The molecule has 0 bridgehead atoms. The summed E-state index contributed by atoms with van der Waals surface area (Å²) in [6, 6.07) is 14.1. The normalized spacial score (nSPS) is 19.0. The van der Waals surface area contributed by atoms with E-state index < -0.39 is 0 Å². The molecule has 1 N–H and O–H groups in total. The molecule has 2 aromatic rings. The standard InChI is InChI=1S/C19H20ClN3O/c1-13-8-9-16(15(20)11-13)21-19(24)23-12-14-5-4-10-22(14)17-6-2-3-7-18(17)23/h2-3,6-9,11,14H,4-5,10,12H2,1H3,(H,21,24)/t14-/m0/s1. The van der Waals surface area contributed by atoms with Crippen LogP contribution in [0.2, 0.25) is 5.02 Å². The summed E-state index contributed by atoms with van der Waals surface area (Å²) in [6.45, 7) is 3.76. The fourth-order valence-corrected chi connectivity index (χ4v) is 3.97. The zero-order valence-corrected chi connectivity index (χ0v) is 14.4. The van der Waals surface area contributed by atoms with Gasteiger partial charge in [0.25, 0.3) is 0 Å². The molecular weight excluding hydrogens is 322 g/mol. The molecule has 2 aromatic carbocycles. The van der Waals surface area contributed by atoms with E-state index in [0.29, 0.717) is 23.3 Å². The van der Waals surface area contributed by atoms with E-state index in [2.05, 4.69) is 16.3 Å². The van der Waals surface area contributed by atoms with Crippen molar-refractivity contribution in [2.24, 2.45) is 0 Å². The highest BCUT2D eigenvalue weighted by Gasteiger charge is 2.36. The van der Waals surface area contributed by atoms with E-state index in [1.54, 1.807) is 0 Å². The van der Waals surface area contributed by atoms with Gasteiger partial charge in [-0.2, -0.15) is 0 Å². The molecule has 2 amide bonds. The number of aryl methyl sites for hydroxylation is 1. The van der Waals surface area contributed by atoms with Crippen molar-refractivity contribution in [3.8, 4) is 0 Å². The molecule has 0 aliphatic carbocycles. The Bertz CT molecular complexity index is 792. The summed E-state index contributed by atoms with van der Waals surface area (Å²) >= 11 is 6.26. The Balaban J connectivity index is 1.63. The third kappa shape index (κ3) is 2.61. The van der Waals surface area contributed by atoms with Crippen LogP contribution in [0.4, 0.5) is 21.9 Å². The summed E-state index contributed by atoms with van der Waals surface area (Å²) < 4.78 is 0. The summed E-state index contributed by atoms with van der Waals surface area (Å²) in [5.74, 6) is 0. The summed E-state index contributed by atoms with van der Waals surface area (Å²) in [6.07, 6.45) is 2.31. The van der Waals surface area contributed by atoms with E-state index in [0.717, 1.165) is 29.9 Å². The van der Waals surface area contributed by atoms with Gasteiger partial charge in [-0.25, -0.2) is 4.79 Å². The first-order chi connectivity index (χ1) is 11.6. The lowest BCUT2D eigenvalue weighted by atomic mass is 10.1. The molecule has 0 saturated carbocycles. The number of fused-ring (bicyclic) bond motifs is 3. The van der Waals surface area contributed by atoms with E-state index in [1.165, 1.54) is 6.42 Å². The van der Waals surface area contributed by atoms with E-state index in [1.807, 2.05) is 48.2 Å². The van der Waals surface area contributed by atoms with Crippen LogP contribution in [0.15, 0.2) is 42.5 Å². The maximum atomic E-state index is 12.9. The maximum Gasteiger partial charge on any atom is 0.326 e. The first-order valence-corrected chi connectivity index (χ1v) is 8.71. The minimum Gasteiger partial charge on any atom is -0.365 e. The van der Waals surface area contributed by atoms with Crippen LogP contribution in [0.5, 0.6) is 0 Å². The Morgan fingerprint density at radius 1 is 1.21 bits per heavy atom. The van der Waals surface area contributed by atoms with Crippen LogP contribution in [-0.4, -0.2) is 25.2 Å². The Hall–Kier alpha value is -2.20. The number of hydrogen-bond acceptors (Lipinski definition) is 2. The molecule has 0 spiro atoms. The predicted molar refractivity (Wildman–Crippen MR) is 99.4 cm³/mol. The number of carbonyl (C=O) groups excluding carboxylic acids is 1. The van der Waals surface area contributed by atoms with Crippen molar-refractivity contribution in [1.29, 1.82) is 0 Å². The van der Waals surface area contributed by atoms with Crippen LogP contribution in [0, 0.1) is 6.92 Å². The van der Waals surface area contributed by atoms with Crippen molar-refractivity contribution in [3.05, 3.63) is 53.1 Å². The number of halogens is 1. The Kier molecular flexibility index (Phi) is 3.85. The number of nitrogens with zero attached hydrogens (tertiary/aromatic N) is 2. The molecule has 0 aromatic heterocycles. The number of nitrogens with one attached hydrogen (secondary N) is 1. The van der Waals surface area contributed by atoms with Gasteiger partial charge < -0.3 is 10.2 Å². The van der Waals surface area contributed by atoms with Gasteiger partial charge in [0.1, 0.15) is 0 Å². The van der Waals surface area contributed by atoms with Crippen LogP contribution in [0.25, 0.3) is 0 Å². The average Bonchev–Trinajstić information content (AvgIpc) is 3.05. The number of hydrogen-bond donors (Lipinski definition) is 1. The van der Waals surface area contributed by atoms with Crippen LogP contribution >= 0.6 is 11.6 Å². The number of benzene rings is 2. The number of rotatable bonds is 1. The number of anilines is 3. The molecule has 1 fully saturated rings. The lowest BCUT2D eigenvalue weighted by molar-refractivity contribution is 0.256. The van der Waals surface area contributed by atoms with Crippen molar-refractivity contribution in [2.75, 3.05) is 28.2 Å². The maximum absolute atomic E-state index is 12.9. The molecule has 4 nitrogen and oxygen atoms in total. The Morgan fingerprint density at radius 3 is 2.79 bits per heavy atom. The molecule has 0 radical (unpaired) electrons. The highest BCUT2D eigenvalue weighted by Crippen LogP contribution is 2.39. The molecule has 2 aliphatic rings. The van der Waals surface area contributed by atoms with Gasteiger partial charge in [0.05, 0.1) is 22.1 Å². The number of urea groups is 1. The van der Waals surface area contributed by atoms with Gasteiger partial charge in [-0.15, -0.1) is 0 Å². The van der Waals surface area contributed by atoms with Gasteiger partial charge in [-0.05, 0) is 49.6 Å². The highest BCUT2D eigenvalue weighted by atomic mass is 35.5. The van der Waals surface area contributed by atoms with Gasteiger partial charge >= 0.3 is 6.03 Å². The molecule has 2 heterocycles. The first kappa shape index (κ1) is 15.3. The van der Waals surface area contributed by atoms with Crippen molar-refractivity contribution in [3.63, 3.8) is 0 Å². The minimum atomic E-state index is -0.125. The smallest absolute Gasteiger partial charge is 0.326 e. The molecule has 0 unspecified atom stereocenters. The fourth-order valence-electron chi connectivity index (χ4n) is 3.68. The zero-order chi connectivity index (χ0) is 16.7. The first-order valence-electron chi connectivity index (χ1n) is 8.34. The zero-order valence-electron chi connectivity index (χ0n) is 13.6. The van der Waals surface area contributed by atoms with Crippen LogP contribution in [0.3, 0.4) is 0 Å². The predicted octanol–water partition coefficient (Wildman–Crippen LogP) is 4.67. The lowest BCUT2D eigenvalue weighted by Crippen LogP contribution is -2.49. The summed E-state index contributed by atoms with van der Waals surface area (Å²) in [7, 11) is 0. The second kappa shape index (κ2) is 6.02. The van der Waals surface area contributed by atoms with E-state index >= 15 is 0 Å². The molecule has 124 valence electrons. The van der Waals surface area contributed by atoms with Gasteiger partial charge in [-0.3, -0.25) is 4.90 Å². The van der Waals surface area contributed by atoms with Crippen molar-refractivity contribution in [2.45, 2.75) is 25.8 Å². The van der Waals surface area contributed by atoms with Gasteiger partial charge in [0.15, 0.2) is 0 Å². The molecular formula is C19H20ClN3O. The summed E-state index contributed by atoms with van der Waals surface area (Å²) in [5.41, 5.74) is 3.84. The number of para-hydroxylation sites is 2. The monoisotopic (exact) mass is 341 g/mol.